The molecule has 2 nitrogen and oxygen atoms in total. The maximum Gasteiger partial charge on any atom is 0.0848 e. The number of hydrogen-bond donors (Lipinski definition) is 2. The highest BCUT2D eigenvalue weighted by Crippen LogP contribution is 2.20. The Bertz CT molecular complexity index is 161. The number of rotatable bonds is 3. The summed E-state index contributed by atoms with van der Waals surface area (Å²) in [6, 6.07) is 0. The van der Waals surface area contributed by atoms with Gasteiger partial charge in [-0.2, -0.15) is 0 Å². The zero-order valence-corrected chi connectivity index (χ0v) is 8.01. The lowest BCUT2D eigenvalue weighted by atomic mass is 9.91. The first-order chi connectivity index (χ1) is 5.77. The second kappa shape index (κ2) is 4.63. The van der Waals surface area contributed by atoms with E-state index in [1.54, 1.807) is 0 Å². The van der Waals surface area contributed by atoms with E-state index < -0.39 is 0 Å². The van der Waals surface area contributed by atoms with Gasteiger partial charge < -0.3 is 10.4 Å². The zero-order chi connectivity index (χ0) is 8.97. The Morgan fingerprint density at radius 3 is 2.75 bits per heavy atom. The van der Waals surface area contributed by atoms with E-state index in [4.69, 9.17) is 0 Å². The predicted octanol–water partition coefficient (Wildman–Crippen LogP) is 1.31. The number of aliphatic hydroxyl groups is 1. The van der Waals surface area contributed by atoms with Crippen LogP contribution >= 0.6 is 0 Å². The van der Waals surface area contributed by atoms with Crippen molar-refractivity contribution >= 4 is 0 Å². The molecule has 0 aromatic carbocycles. The molecule has 0 saturated heterocycles. The Morgan fingerprint density at radius 2 is 2.25 bits per heavy atom. The van der Waals surface area contributed by atoms with Crippen molar-refractivity contribution in [3.05, 3.63) is 11.6 Å². The topological polar surface area (TPSA) is 32.3 Å². The molecule has 0 fully saturated rings. The molecule has 1 heterocycles. The lowest BCUT2D eigenvalue weighted by Crippen LogP contribution is -2.34. The van der Waals surface area contributed by atoms with Gasteiger partial charge in [0.25, 0.3) is 0 Å². The Morgan fingerprint density at radius 1 is 1.58 bits per heavy atom. The first kappa shape index (κ1) is 9.75. The number of nitrogens with one attached hydrogen (secondary N) is 1. The summed E-state index contributed by atoms with van der Waals surface area (Å²) >= 11 is 0. The van der Waals surface area contributed by atoms with Gasteiger partial charge in [-0.15, -0.1) is 0 Å². The SMILES string of the molecule is CCC(CC)C1=CC(O)CNC1. The molecule has 0 spiro atoms. The maximum atomic E-state index is 9.38. The molecular formula is C10H19NO. The van der Waals surface area contributed by atoms with Gasteiger partial charge in [-0.25, -0.2) is 0 Å². The summed E-state index contributed by atoms with van der Waals surface area (Å²) in [7, 11) is 0. The van der Waals surface area contributed by atoms with Crippen LogP contribution in [0.25, 0.3) is 0 Å². The fourth-order valence-electron chi connectivity index (χ4n) is 1.82. The smallest absolute Gasteiger partial charge is 0.0848 e. The lowest BCUT2D eigenvalue weighted by molar-refractivity contribution is 0.210. The van der Waals surface area contributed by atoms with Gasteiger partial charge in [0.15, 0.2) is 0 Å². The van der Waals surface area contributed by atoms with Crippen LogP contribution in [0.4, 0.5) is 0 Å². The van der Waals surface area contributed by atoms with E-state index in [0.717, 1.165) is 6.54 Å². The highest BCUT2D eigenvalue weighted by Gasteiger charge is 2.15. The van der Waals surface area contributed by atoms with E-state index in [2.05, 4.69) is 19.2 Å². The zero-order valence-electron chi connectivity index (χ0n) is 8.01. The summed E-state index contributed by atoms with van der Waals surface area (Å²) in [5, 5.41) is 12.6. The van der Waals surface area contributed by atoms with E-state index >= 15 is 0 Å². The molecule has 0 saturated carbocycles. The molecule has 0 aromatic heterocycles. The van der Waals surface area contributed by atoms with Crippen LogP contribution < -0.4 is 5.32 Å². The molecule has 0 radical (unpaired) electrons. The summed E-state index contributed by atoms with van der Waals surface area (Å²) in [4.78, 5) is 0. The van der Waals surface area contributed by atoms with Crippen molar-refractivity contribution in [2.45, 2.75) is 32.8 Å². The van der Waals surface area contributed by atoms with Crippen LogP contribution in [0.1, 0.15) is 26.7 Å². The minimum absolute atomic E-state index is 0.269. The van der Waals surface area contributed by atoms with Crippen molar-refractivity contribution in [3.8, 4) is 0 Å². The van der Waals surface area contributed by atoms with Crippen LogP contribution in [0.2, 0.25) is 0 Å². The first-order valence-corrected chi connectivity index (χ1v) is 4.87. The number of β-amino-alcohol motifs (C(OH)–C–C–N with tert-alkyl or cyclic N) is 1. The second-order valence-electron chi connectivity index (χ2n) is 3.45. The highest BCUT2D eigenvalue weighted by molar-refractivity contribution is 5.14. The molecule has 1 atom stereocenters. The van der Waals surface area contributed by atoms with Gasteiger partial charge in [-0.05, 0) is 18.8 Å². The first-order valence-electron chi connectivity index (χ1n) is 4.87. The van der Waals surface area contributed by atoms with Gasteiger partial charge in [-0.1, -0.05) is 25.5 Å². The van der Waals surface area contributed by atoms with Gasteiger partial charge in [0.05, 0.1) is 6.10 Å². The maximum absolute atomic E-state index is 9.38. The fraction of sp³-hybridized carbons (Fsp3) is 0.800. The third-order valence-corrected chi connectivity index (χ3v) is 2.60. The Labute approximate surface area is 74.7 Å². The molecule has 0 bridgehead atoms. The quantitative estimate of drug-likeness (QED) is 0.624. The van der Waals surface area contributed by atoms with Gasteiger partial charge in [0.1, 0.15) is 0 Å². The molecule has 2 heteroatoms. The highest BCUT2D eigenvalue weighted by atomic mass is 16.3. The number of hydrogen-bond acceptors (Lipinski definition) is 2. The Hall–Kier alpha value is -0.340. The summed E-state index contributed by atoms with van der Waals surface area (Å²) in [5.41, 5.74) is 1.39. The summed E-state index contributed by atoms with van der Waals surface area (Å²) < 4.78 is 0. The van der Waals surface area contributed by atoms with E-state index in [0.29, 0.717) is 12.5 Å². The molecule has 1 aliphatic heterocycles. The van der Waals surface area contributed by atoms with Crippen molar-refractivity contribution < 1.29 is 5.11 Å². The van der Waals surface area contributed by atoms with E-state index in [9.17, 15) is 5.11 Å². The largest absolute Gasteiger partial charge is 0.388 e. The normalized spacial score (nSPS) is 24.3. The third kappa shape index (κ3) is 2.32. The molecule has 1 aliphatic rings. The molecule has 70 valence electrons. The van der Waals surface area contributed by atoms with Crippen LogP contribution in [-0.2, 0) is 0 Å². The van der Waals surface area contributed by atoms with Gasteiger partial charge in [-0.3, -0.25) is 0 Å². The van der Waals surface area contributed by atoms with Crippen molar-refractivity contribution in [1.29, 1.82) is 0 Å². The van der Waals surface area contributed by atoms with E-state index in [1.165, 1.54) is 18.4 Å². The minimum Gasteiger partial charge on any atom is -0.388 e. The summed E-state index contributed by atoms with van der Waals surface area (Å²) in [6.45, 7) is 6.08. The van der Waals surface area contributed by atoms with Crippen LogP contribution in [-0.4, -0.2) is 24.3 Å². The second-order valence-corrected chi connectivity index (χ2v) is 3.45. The lowest BCUT2D eigenvalue weighted by Gasteiger charge is -2.24. The van der Waals surface area contributed by atoms with Crippen molar-refractivity contribution in [3.63, 3.8) is 0 Å². The molecule has 0 aromatic rings. The van der Waals surface area contributed by atoms with Gasteiger partial charge in [0.2, 0.25) is 0 Å². The summed E-state index contributed by atoms with van der Waals surface area (Å²) in [6.07, 6.45) is 4.11. The molecule has 1 rings (SSSR count). The van der Waals surface area contributed by atoms with Gasteiger partial charge >= 0.3 is 0 Å². The molecule has 12 heavy (non-hydrogen) atoms. The number of aliphatic hydroxyl groups excluding tert-OH is 1. The van der Waals surface area contributed by atoms with Gasteiger partial charge in [0, 0.05) is 13.1 Å². The van der Waals surface area contributed by atoms with Crippen LogP contribution in [0.15, 0.2) is 11.6 Å². The Kier molecular flexibility index (Phi) is 3.76. The standard InChI is InChI=1S/C10H19NO/c1-3-8(4-2)9-5-10(12)7-11-6-9/h5,8,10-12H,3-4,6-7H2,1-2H3. The average molecular weight is 169 g/mol. The molecule has 0 aliphatic carbocycles. The van der Waals surface area contributed by atoms with E-state index in [1.807, 2.05) is 6.08 Å². The molecule has 0 amide bonds. The van der Waals surface area contributed by atoms with Crippen LogP contribution in [0.3, 0.4) is 0 Å². The Balaban J connectivity index is 2.58. The molecule has 1 unspecified atom stereocenters. The predicted molar refractivity (Wildman–Crippen MR) is 51.0 cm³/mol. The van der Waals surface area contributed by atoms with Crippen molar-refractivity contribution in [2.75, 3.05) is 13.1 Å². The minimum atomic E-state index is -0.269. The van der Waals surface area contributed by atoms with Crippen molar-refractivity contribution in [1.82, 2.24) is 5.32 Å². The average Bonchev–Trinajstić information content (AvgIpc) is 2.07. The fourth-order valence-corrected chi connectivity index (χ4v) is 1.82. The summed E-state index contributed by atoms with van der Waals surface area (Å²) in [5.74, 6) is 0.660. The molecular weight excluding hydrogens is 150 g/mol. The third-order valence-electron chi connectivity index (χ3n) is 2.60. The van der Waals surface area contributed by atoms with Crippen molar-refractivity contribution in [2.24, 2.45) is 5.92 Å². The molecule has 2 N–H and O–H groups in total. The van der Waals surface area contributed by atoms with E-state index in [-0.39, 0.29) is 6.10 Å². The monoisotopic (exact) mass is 169 g/mol. The van der Waals surface area contributed by atoms with Crippen LogP contribution in [0.5, 0.6) is 0 Å². The van der Waals surface area contributed by atoms with Crippen LogP contribution in [0, 0.1) is 5.92 Å².